The Labute approximate surface area is 278 Å². The van der Waals surface area contributed by atoms with Crippen LogP contribution in [0.15, 0.2) is 30.3 Å². The number of ketones is 1. The summed E-state index contributed by atoms with van der Waals surface area (Å²) in [6.07, 6.45) is 6.13. The monoisotopic (exact) mass is 651 g/mol. The standard InChI is InChI=1S/C36H53N5O6/c1-34(2,3)29(39-33(46)40-36(16-14-23(47-6)15-17-36)19-22-10-8-7-9-11-22)32(45)41-20-24-26(35(24,4)5)27(41)31(44)38-25(18-21-12-13-21)28(42)30(37)43/h7-11,21,23-27,29H,12-20H2,1-6H3,(H2,37,43)(H,38,44)(H2,39,40,46)/t23?,24-,25?,26-,27-,29+,36?/m0/s1. The van der Waals surface area contributed by atoms with E-state index in [-0.39, 0.29) is 35.2 Å². The van der Waals surface area contributed by atoms with Crippen LogP contribution >= 0.6 is 0 Å². The lowest BCUT2D eigenvalue weighted by molar-refractivity contribution is -0.145. The molecule has 5 atom stereocenters. The van der Waals surface area contributed by atoms with Gasteiger partial charge >= 0.3 is 6.03 Å². The van der Waals surface area contributed by atoms with Gasteiger partial charge in [0.2, 0.25) is 17.6 Å². The van der Waals surface area contributed by atoms with E-state index in [2.05, 4.69) is 41.9 Å². The Morgan fingerprint density at radius 3 is 2.19 bits per heavy atom. The first-order chi connectivity index (χ1) is 22.1. The molecule has 11 nitrogen and oxygen atoms in total. The lowest BCUT2D eigenvalue weighted by Crippen LogP contribution is -2.63. The van der Waals surface area contributed by atoms with Gasteiger partial charge in [-0.25, -0.2) is 4.79 Å². The number of rotatable bonds is 12. The minimum Gasteiger partial charge on any atom is -0.381 e. The number of likely N-dealkylation sites (tertiary alicyclic amines) is 1. The van der Waals surface area contributed by atoms with Gasteiger partial charge in [-0.1, -0.05) is 77.8 Å². The fourth-order valence-corrected chi connectivity index (χ4v) is 8.10. The van der Waals surface area contributed by atoms with Crippen molar-refractivity contribution in [1.82, 2.24) is 20.9 Å². The van der Waals surface area contributed by atoms with Crippen LogP contribution in [0.25, 0.3) is 0 Å². The molecule has 0 aromatic heterocycles. The van der Waals surface area contributed by atoms with Crippen LogP contribution in [0, 0.1) is 28.6 Å². The first-order valence-electron chi connectivity index (χ1n) is 17.2. The number of fused-ring (bicyclic) bond motifs is 1. The number of carbonyl (C=O) groups excluding carboxylic acids is 5. The molecular weight excluding hydrogens is 598 g/mol. The van der Waals surface area contributed by atoms with Gasteiger partial charge in [0.05, 0.1) is 12.1 Å². The number of urea groups is 1. The van der Waals surface area contributed by atoms with Gasteiger partial charge in [0.15, 0.2) is 0 Å². The van der Waals surface area contributed by atoms with Gasteiger partial charge in [0.25, 0.3) is 5.91 Å². The molecule has 1 heterocycles. The summed E-state index contributed by atoms with van der Waals surface area (Å²) in [7, 11) is 1.72. The Morgan fingerprint density at radius 2 is 1.64 bits per heavy atom. The number of nitrogens with one attached hydrogen (secondary N) is 3. The van der Waals surface area contributed by atoms with Gasteiger partial charge in [-0.05, 0) is 72.7 Å². The van der Waals surface area contributed by atoms with E-state index in [1.54, 1.807) is 12.0 Å². The van der Waals surface area contributed by atoms with Crippen LogP contribution in [-0.2, 0) is 30.3 Å². The average molecular weight is 652 g/mol. The number of Topliss-reactive ketones (excluding diaryl/α,β-unsaturated/α-hetero) is 1. The summed E-state index contributed by atoms with van der Waals surface area (Å²) in [6.45, 7) is 10.2. The van der Waals surface area contributed by atoms with E-state index in [1.165, 1.54) is 0 Å². The van der Waals surface area contributed by atoms with Crippen molar-refractivity contribution in [2.45, 2.75) is 116 Å². The maximum atomic E-state index is 14.4. The molecule has 4 aliphatic rings. The molecule has 3 aliphatic carbocycles. The number of benzene rings is 1. The molecule has 5 N–H and O–H groups in total. The smallest absolute Gasteiger partial charge is 0.315 e. The topological polar surface area (TPSA) is 160 Å². The van der Waals surface area contributed by atoms with E-state index < -0.39 is 52.7 Å². The molecule has 1 unspecified atom stereocenters. The Hall–Kier alpha value is -3.47. The quantitative estimate of drug-likeness (QED) is 0.254. The molecular formula is C36H53N5O6. The minimum absolute atomic E-state index is 0.101. The highest BCUT2D eigenvalue weighted by Gasteiger charge is 2.70. The van der Waals surface area contributed by atoms with Gasteiger partial charge in [0.1, 0.15) is 12.1 Å². The maximum absolute atomic E-state index is 14.4. The van der Waals surface area contributed by atoms with E-state index in [1.807, 2.05) is 39.0 Å². The van der Waals surface area contributed by atoms with E-state index in [9.17, 15) is 24.0 Å². The number of nitrogens with zero attached hydrogens (tertiary/aromatic N) is 1. The number of carbonyl (C=O) groups is 5. The van der Waals surface area contributed by atoms with Gasteiger partial charge in [0, 0.05) is 19.2 Å². The highest BCUT2D eigenvalue weighted by atomic mass is 16.5. The summed E-state index contributed by atoms with van der Waals surface area (Å²) in [5.41, 5.74) is 5.11. The molecule has 5 amide bonds. The summed E-state index contributed by atoms with van der Waals surface area (Å²) in [4.78, 5) is 68.2. The predicted molar refractivity (Wildman–Crippen MR) is 177 cm³/mol. The van der Waals surface area contributed by atoms with Crippen molar-refractivity contribution < 1.29 is 28.7 Å². The fraction of sp³-hybridized carbons (Fsp3) is 0.694. The molecule has 11 heteroatoms. The first kappa shape index (κ1) is 34.9. The molecule has 47 heavy (non-hydrogen) atoms. The second-order valence-electron chi connectivity index (χ2n) is 16.1. The number of hydrogen-bond acceptors (Lipinski definition) is 6. The Kier molecular flexibility index (Phi) is 9.79. The summed E-state index contributed by atoms with van der Waals surface area (Å²) in [5, 5.41) is 9.10. The minimum atomic E-state index is -1.08. The molecule has 1 saturated heterocycles. The zero-order chi connectivity index (χ0) is 34.3. The molecule has 0 radical (unpaired) electrons. The van der Waals surface area contributed by atoms with Crippen LogP contribution in [0.2, 0.25) is 0 Å². The number of methoxy groups -OCH3 is 1. The molecule has 3 saturated carbocycles. The number of ether oxygens (including phenoxy) is 1. The summed E-state index contributed by atoms with van der Waals surface area (Å²) >= 11 is 0. The van der Waals surface area contributed by atoms with E-state index in [4.69, 9.17) is 10.5 Å². The first-order valence-corrected chi connectivity index (χ1v) is 17.2. The van der Waals surface area contributed by atoms with Crippen molar-refractivity contribution in [3.63, 3.8) is 0 Å². The normalized spacial score (nSPS) is 29.2. The van der Waals surface area contributed by atoms with Gasteiger partial charge < -0.3 is 31.3 Å². The van der Waals surface area contributed by atoms with Crippen molar-refractivity contribution in [2.75, 3.05) is 13.7 Å². The number of amides is 5. The Balaban J connectivity index is 1.34. The highest BCUT2D eigenvalue weighted by molar-refractivity contribution is 6.37. The van der Waals surface area contributed by atoms with Crippen LogP contribution in [0.3, 0.4) is 0 Å². The van der Waals surface area contributed by atoms with Gasteiger partial charge in [-0.3, -0.25) is 19.2 Å². The summed E-state index contributed by atoms with van der Waals surface area (Å²) < 4.78 is 5.61. The van der Waals surface area contributed by atoms with E-state index >= 15 is 0 Å². The summed E-state index contributed by atoms with van der Waals surface area (Å²) in [5.74, 6) is -2.42. The van der Waals surface area contributed by atoms with Crippen LogP contribution in [0.1, 0.15) is 85.1 Å². The molecule has 4 fully saturated rings. The zero-order valence-electron chi connectivity index (χ0n) is 28.8. The van der Waals surface area contributed by atoms with Gasteiger partial charge in [-0.2, -0.15) is 0 Å². The largest absolute Gasteiger partial charge is 0.381 e. The van der Waals surface area contributed by atoms with Gasteiger partial charge in [-0.15, -0.1) is 0 Å². The average Bonchev–Trinajstić information content (AvgIpc) is 3.86. The number of primary amides is 1. The van der Waals surface area contributed by atoms with Crippen molar-refractivity contribution in [3.8, 4) is 0 Å². The van der Waals surface area contributed by atoms with Crippen molar-refractivity contribution in [1.29, 1.82) is 0 Å². The highest BCUT2D eigenvalue weighted by Crippen LogP contribution is 2.65. The van der Waals surface area contributed by atoms with Crippen molar-refractivity contribution in [3.05, 3.63) is 35.9 Å². The second kappa shape index (κ2) is 13.2. The number of piperidine rings is 1. The third-order valence-corrected chi connectivity index (χ3v) is 11.3. The Bertz CT molecular complexity index is 1360. The third kappa shape index (κ3) is 7.66. The van der Waals surface area contributed by atoms with Crippen molar-refractivity contribution >= 4 is 29.5 Å². The third-order valence-electron chi connectivity index (χ3n) is 11.3. The number of hydrogen-bond donors (Lipinski definition) is 4. The number of nitrogens with two attached hydrogens (primary N) is 1. The molecule has 1 aliphatic heterocycles. The van der Waals surface area contributed by atoms with Crippen LogP contribution in [0.4, 0.5) is 4.79 Å². The lowest BCUT2D eigenvalue weighted by Gasteiger charge is -2.42. The molecule has 0 spiro atoms. The van der Waals surface area contributed by atoms with Crippen molar-refractivity contribution in [2.24, 2.45) is 34.3 Å². The van der Waals surface area contributed by atoms with E-state index in [0.29, 0.717) is 19.4 Å². The van der Waals surface area contributed by atoms with Crippen LogP contribution in [-0.4, -0.2) is 77.9 Å². The predicted octanol–water partition coefficient (Wildman–Crippen LogP) is 3.09. The fourth-order valence-electron chi connectivity index (χ4n) is 8.10. The molecule has 0 bridgehead atoms. The molecule has 5 rings (SSSR count). The Morgan fingerprint density at radius 1 is 1.00 bits per heavy atom. The van der Waals surface area contributed by atoms with E-state index in [0.717, 1.165) is 44.1 Å². The summed E-state index contributed by atoms with van der Waals surface area (Å²) in [6, 6.07) is 6.89. The maximum Gasteiger partial charge on any atom is 0.315 e. The van der Waals surface area contributed by atoms with Crippen LogP contribution < -0.4 is 21.7 Å². The molecule has 1 aromatic rings. The zero-order valence-corrected chi connectivity index (χ0v) is 28.8. The molecule has 258 valence electrons. The molecule has 1 aromatic carbocycles. The lowest BCUT2D eigenvalue weighted by atomic mass is 9.76. The van der Waals surface area contributed by atoms with Crippen LogP contribution in [0.5, 0.6) is 0 Å². The second-order valence-corrected chi connectivity index (χ2v) is 16.1. The SMILES string of the molecule is COC1CCC(Cc2ccccc2)(NC(=O)N[C@H](C(=O)N2C[C@H]3[C@@H]([C@H]2C(=O)NC(CC2CC2)C(=O)C(N)=O)C3(C)C)C(C)(C)C)CC1.